The van der Waals surface area contributed by atoms with Crippen LogP contribution in [0.2, 0.25) is 0 Å². The fourth-order valence-electron chi connectivity index (χ4n) is 3.27. The summed E-state index contributed by atoms with van der Waals surface area (Å²) in [6, 6.07) is 8.54. The predicted molar refractivity (Wildman–Crippen MR) is 77.1 cm³/mol. The van der Waals surface area contributed by atoms with Gasteiger partial charge in [-0.1, -0.05) is 25.1 Å². The Morgan fingerprint density at radius 1 is 1.32 bits per heavy atom. The van der Waals surface area contributed by atoms with Gasteiger partial charge in [0.05, 0.1) is 5.92 Å². The van der Waals surface area contributed by atoms with Gasteiger partial charge in [0.15, 0.2) is 0 Å². The molecule has 0 aliphatic carbocycles. The summed E-state index contributed by atoms with van der Waals surface area (Å²) < 4.78 is 0. The number of carbonyl (C=O) groups excluding carboxylic acids is 1. The van der Waals surface area contributed by atoms with E-state index in [4.69, 9.17) is 0 Å². The molecule has 1 saturated heterocycles. The lowest BCUT2D eigenvalue weighted by atomic mass is 9.87. The molecule has 102 valence electrons. The molecule has 2 aliphatic rings. The minimum atomic E-state index is 0.0835. The molecule has 3 heteroatoms. The summed E-state index contributed by atoms with van der Waals surface area (Å²) in [5, 5.41) is 3.48. The number of carbonyl (C=O) groups is 1. The van der Waals surface area contributed by atoms with Crippen molar-refractivity contribution >= 4 is 11.6 Å². The van der Waals surface area contributed by atoms with Crippen LogP contribution in [0.4, 0.5) is 5.69 Å². The van der Waals surface area contributed by atoms with Crippen LogP contribution in [0.3, 0.4) is 0 Å². The number of nitrogens with one attached hydrogen (secondary N) is 1. The molecule has 2 heterocycles. The Morgan fingerprint density at radius 3 is 2.84 bits per heavy atom. The molecule has 19 heavy (non-hydrogen) atoms. The summed E-state index contributed by atoms with van der Waals surface area (Å²) in [4.78, 5) is 14.7. The van der Waals surface area contributed by atoms with Crippen LogP contribution in [0.25, 0.3) is 0 Å². The molecule has 0 radical (unpaired) electrons. The van der Waals surface area contributed by atoms with Crippen LogP contribution in [0.1, 0.15) is 25.8 Å². The minimum Gasteiger partial charge on any atom is -0.382 e. The second kappa shape index (κ2) is 4.87. The smallest absolute Gasteiger partial charge is 0.228 e. The van der Waals surface area contributed by atoms with Crippen LogP contribution in [0.5, 0.6) is 0 Å². The number of nitrogens with zero attached hydrogens (tertiary/aromatic N) is 1. The SMILES string of the molecule is CC1CCN(C(=O)C2Cc3ccccc3NC2C)C1. The first kappa shape index (κ1) is 12.5. The Morgan fingerprint density at radius 2 is 2.11 bits per heavy atom. The summed E-state index contributed by atoms with van der Waals surface area (Å²) in [5.41, 5.74) is 2.46. The largest absolute Gasteiger partial charge is 0.382 e. The van der Waals surface area contributed by atoms with Crippen LogP contribution in [-0.4, -0.2) is 29.9 Å². The van der Waals surface area contributed by atoms with Gasteiger partial charge in [0, 0.05) is 24.8 Å². The lowest BCUT2D eigenvalue weighted by Crippen LogP contribution is -2.44. The van der Waals surface area contributed by atoms with E-state index in [1.807, 2.05) is 6.07 Å². The lowest BCUT2D eigenvalue weighted by Gasteiger charge is -2.34. The van der Waals surface area contributed by atoms with E-state index in [9.17, 15) is 4.79 Å². The van der Waals surface area contributed by atoms with Gasteiger partial charge in [-0.05, 0) is 37.3 Å². The third kappa shape index (κ3) is 2.34. The first-order valence-corrected chi connectivity index (χ1v) is 7.28. The Bertz CT molecular complexity index is 485. The van der Waals surface area contributed by atoms with Crippen molar-refractivity contribution in [1.29, 1.82) is 0 Å². The van der Waals surface area contributed by atoms with Gasteiger partial charge in [-0.2, -0.15) is 0 Å². The number of fused-ring (bicyclic) bond motifs is 1. The van der Waals surface area contributed by atoms with Gasteiger partial charge in [-0.3, -0.25) is 4.79 Å². The summed E-state index contributed by atoms with van der Waals surface area (Å²) in [5.74, 6) is 1.07. The van der Waals surface area contributed by atoms with Crippen molar-refractivity contribution < 1.29 is 4.79 Å². The molecule has 0 saturated carbocycles. The standard InChI is InChI=1S/C16H22N2O/c1-11-7-8-18(10-11)16(19)14-9-13-5-3-4-6-15(13)17-12(14)2/h3-6,11-12,14,17H,7-10H2,1-2H3. The van der Waals surface area contributed by atoms with Gasteiger partial charge in [0.25, 0.3) is 0 Å². The number of hydrogen-bond donors (Lipinski definition) is 1. The number of rotatable bonds is 1. The average molecular weight is 258 g/mol. The number of likely N-dealkylation sites (tertiary alicyclic amines) is 1. The molecule has 3 atom stereocenters. The molecule has 1 N–H and O–H groups in total. The highest BCUT2D eigenvalue weighted by Gasteiger charge is 2.35. The van der Waals surface area contributed by atoms with E-state index in [1.54, 1.807) is 0 Å². The summed E-state index contributed by atoms with van der Waals surface area (Å²) in [6.45, 7) is 6.22. The second-order valence-electron chi connectivity index (χ2n) is 6.08. The Balaban J connectivity index is 1.77. The van der Waals surface area contributed by atoms with Crippen molar-refractivity contribution in [2.45, 2.75) is 32.7 Å². The summed E-state index contributed by atoms with van der Waals surface area (Å²) in [6.07, 6.45) is 2.02. The van der Waals surface area contributed by atoms with Gasteiger partial charge in [-0.25, -0.2) is 0 Å². The maximum Gasteiger partial charge on any atom is 0.228 e. The number of amides is 1. The fourth-order valence-corrected chi connectivity index (χ4v) is 3.27. The molecule has 3 unspecified atom stereocenters. The molecule has 0 bridgehead atoms. The number of benzene rings is 1. The predicted octanol–water partition coefficient (Wildman–Crippen LogP) is 2.53. The van der Waals surface area contributed by atoms with Crippen LogP contribution in [0.15, 0.2) is 24.3 Å². The molecule has 0 spiro atoms. The number of para-hydroxylation sites is 1. The molecular weight excluding hydrogens is 236 g/mol. The maximum atomic E-state index is 12.7. The van der Waals surface area contributed by atoms with Gasteiger partial charge in [0.2, 0.25) is 5.91 Å². The molecule has 0 aromatic heterocycles. The van der Waals surface area contributed by atoms with Crippen molar-refractivity contribution in [3.05, 3.63) is 29.8 Å². The Hall–Kier alpha value is -1.51. The average Bonchev–Trinajstić information content (AvgIpc) is 2.84. The van der Waals surface area contributed by atoms with Crippen LogP contribution >= 0.6 is 0 Å². The Kier molecular flexibility index (Phi) is 3.21. The van der Waals surface area contributed by atoms with Crippen molar-refractivity contribution in [1.82, 2.24) is 4.90 Å². The molecule has 1 amide bonds. The molecule has 3 rings (SSSR count). The lowest BCUT2D eigenvalue weighted by molar-refractivity contribution is -0.135. The zero-order valence-electron chi connectivity index (χ0n) is 11.7. The quantitative estimate of drug-likeness (QED) is 0.839. The van der Waals surface area contributed by atoms with Crippen molar-refractivity contribution in [2.75, 3.05) is 18.4 Å². The third-order valence-corrected chi connectivity index (χ3v) is 4.50. The van der Waals surface area contributed by atoms with Crippen LogP contribution < -0.4 is 5.32 Å². The molecule has 1 fully saturated rings. The highest BCUT2D eigenvalue weighted by atomic mass is 16.2. The monoisotopic (exact) mass is 258 g/mol. The zero-order chi connectivity index (χ0) is 13.4. The van der Waals surface area contributed by atoms with Gasteiger partial charge in [0.1, 0.15) is 0 Å². The minimum absolute atomic E-state index is 0.0835. The summed E-state index contributed by atoms with van der Waals surface area (Å²) >= 11 is 0. The van der Waals surface area contributed by atoms with E-state index in [0.29, 0.717) is 11.8 Å². The van der Waals surface area contributed by atoms with E-state index in [-0.39, 0.29) is 12.0 Å². The highest BCUT2D eigenvalue weighted by molar-refractivity contribution is 5.82. The van der Waals surface area contributed by atoms with E-state index in [0.717, 1.165) is 25.9 Å². The topological polar surface area (TPSA) is 32.3 Å². The summed E-state index contributed by atoms with van der Waals surface area (Å²) in [7, 11) is 0. The molecule has 1 aromatic carbocycles. The van der Waals surface area contributed by atoms with Crippen LogP contribution in [-0.2, 0) is 11.2 Å². The Labute approximate surface area is 115 Å². The van der Waals surface area contributed by atoms with Crippen molar-refractivity contribution in [2.24, 2.45) is 11.8 Å². The van der Waals surface area contributed by atoms with Gasteiger partial charge >= 0.3 is 0 Å². The third-order valence-electron chi connectivity index (χ3n) is 4.50. The number of anilines is 1. The normalized spacial score (nSPS) is 29.8. The van der Waals surface area contributed by atoms with Gasteiger partial charge in [-0.15, -0.1) is 0 Å². The molecule has 3 nitrogen and oxygen atoms in total. The number of hydrogen-bond acceptors (Lipinski definition) is 2. The molecule has 1 aromatic rings. The van der Waals surface area contributed by atoms with Crippen molar-refractivity contribution in [3.8, 4) is 0 Å². The molecular formula is C16H22N2O. The first-order valence-electron chi connectivity index (χ1n) is 7.28. The second-order valence-corrected chi connectivity index (χ2v) is 6.08. The van der Waals surface area contributed by atoms with Crippen molar-refractivity contribution in [3.63, 3.8) is 0 Å². The first-order chi connectivity index (χ1) is 9.15. The van der Waals surface area contributed by atoms with E-state index < -0.39 is 0 Å². The molecule has 2 aliphatic heterocycles. The maximum absolute atomic E-state index is 12.7. The highest BCUT2D eigenvalue weighted by Crippen LogP contribution is 2.30. The van der Waals surface area contributed by atoms with E-state index in [2.05, 4.69) is 42.3 Å². The fraction of sp³-hybridized carbons (Fsp3) is 0.562. The van der Waals surface area contributed by atoms with Gasteiger partial charge < -0.3 is 10.2 Å². The van der Waals surface area contributed by atoms with E-state index >= 15 is 0 Å². The van der Waals surface area contributed by atoms with E-state index in [1.165, 1.54) is 11.3 Å². The van der Waals surface area contributed by atoms with Crippen LogP contribution in [0, 0.1) is 11.8 Å². The zero-order valence-corrected chi connectivity index (χ0v) is 11.7.